The highest BCUT2D eigenvalue weighted by atomic mass is 32.2. The summed E-state index contributed by atoms with van der Waals surface area (Å²) in [6, 6.07) is 10.6. The van der Waals surface area contributed by atoms with Crippen molar-refractivity contribution in [2.45, 2.75) is 34.9 Å². The number of benzene rings is 2. The van der Waals surface area contributed by atoms with Crippen molar-refractivity contribution in [2.24, 2.45) is 0 Å². The molecule has 3 aromatic rings. The number of alkyl halides is 3. The third-order valence-electron chi connectivity index (χ3n) is 6.25. The van der Waals surface area contributed by atoms with Crippen LogP contribution >= 0.6 is 0 Å². The normalized spacial score (nSPS) is 15.3. The second kappa shape index (κ2) is 11.2. The van der Waals surface area contributed by atoms with Gasteiger partial charge in [0.15, 0.2) is 0 Å². The SMILES string of the molecule is CN(C)S(=O)(=O)c1ccc(S(=O)(=O)Nc2cccc(F)c2N2CCC(Oc3ccc(C(F)(F)F)cn3)CC2)cc1. The largest absolute Gasteiger partial charge is 0.474 e. The van der Waals surface area contributed by atoms with E-state index in [0.29, 0.717) is 19.0 Å². The monoisotopic (exact) mass is 602 g/mol. The maximum Gasteiger partial charge on any atom is 0.417 e. The molecule has 0 unspecified atom stereocenters. The molecule has 0 radical (unpaired) electrons. The number of hydrogen-bond acceptors (Lipinski definition) is 7. The van der Waals surface area contributed by atoms with Crippen LogP contribution < -0.4 is 14.4 Å². The van der Waals surface area contributed by atoms with Crippen LogP contribution in [0.4, 0.5) is 28.9 Å². The smallest absolute Gasteiger partial charge is 0.417 e. The summed E-state index contributed by atoms with van der Waals surface area (Å²) >= 11 is 0. The molecule has 15 heteroatoms. The third-order valence-corrected chi connectivity index (χ3v) is 9.46. The molecule has 0 atom stereocenters. The summed E-state index contributed by atoms with van der Waals surface area (Å²) in [5.41, 5.74) is -0.864. The zero-order chi connectivity index (χ0) is 29.3. The number of rotatable bonds is 8. The van der Waals surface area contributed by atoms with E-state index in [0.717, 1.165) is 28.6 Å². The minimum Gasteiger partial charge on any atom is -0.474 e. The molecule has 0 bridgehead atoms. The van der Waals surface area contributed by atoms with E-state index in [1.54, 1.807) is 4.90 Å². The van der Waals surface area contributed by atoms with Crippen molar-refractivity contribution in [2.75, 3.05) is 36.8 Å². The zero-order valence-corrected chi connectivity index (χ0v) is 23.0. The highest BCUT2D eigenvalue weighted by Crippen LogP contribution is 2.34. The summed E-state index contributed by atoms with van der Waals surface area (Å²) < 4.78 is 113. The molecule has 1 N–H and O–H groups in total. The average Bonchev–Trinajstić information content (AvgIpc) is 2.89. The number of piperidine rings is 1. The van der Waals surface area contributed by atoms with Gasteiger partial charge in [0, 0.05) is 52.3 Å². The Morgan fingerprint density at radius 1 is 0.950 bits per heavy atom. The van der Waals surface area contributed by atoms with Gasteiger partial charge < -0.3 is 9.64 Å². The Morgan fingerprint density at radius 2 is 1.57 bits per heavy atom. The lowest BCUT2D eigenvalue weighted by Gasteiger charge is -2.34. The number of aromatic nitrogens is 1. The fourth-order valence-electron chi connectivity index (χ4n) is 4.11. The molecule has 0 aliphatic carbocycles. The number of pyridine rings is 1. The van der Waals surface area contributed by atoms with Gasteiger partial charge in [0.2, 0.25) is 15.9 Å². The minimum atomic E-state index is -4.51. The minimum absolute atomic E-state index is 0.00577. The number of anilines is 2. The fourth-order valence-corrected chi connectivity index (χ4v) is 6.08. The summed E-state index contributed by atoms with van der Waals surface area (Å²) in [4.78, 5) is 5.07. The summed E-state index contributed by atoms with van der Waals surface area (Å²) in [6.45, 7) is 0.552. The lowest BCUT2D eigenvalue weighted by Crippen LogP contribution is -2.39. The summed E-state index contributed by atoms with van der Waals surface area (Å²) in [7, 11) is -5.25. The van der Waals surface area contributed by atoms with E-state index >= 15 is 0 Å². The third kappa shape index (κ3) is 6.47. The van der Waals surface area contributed by atoms with Crippen molar-refractivity contribution in [1.29, 1.82) is 0 Å². The number of hydrogen-bond donors (Lipinski definition) is 1. The Bertz CT molecular complexity index is 1560. The predicted molar refractivity (Wildman–Crippen MR) is 140 cm³/mol. The van der Waals surface area contributed by atoms with Gasteiger partial charge in [0.1, 0.15) is 11.9 Å². The second-order valence-electron chi connectivity index (χ2n) is 9.19. The molecule has 1 aliphatic heterocycles. The van der Waals surface area contributed by atoms with Gasteiger partial charge in [0.05, 0.1) is 26.7 Å². The van der Waals surface area contributed by atoms with Crippen molar-refractivity contribution in [3.63, 3.8) is 0 Å². The highest BCUT2D eigenvalue weighted by Gasteiger charge is 2.31. The van der Waals surface area contributed by atoms with Gasteiger partial charge in [-0.1, -0.05) is 6.07 Å². The molecule has 1 saturated heterocycles. The van der Waals surface area contributed by atoms with Crippen molar-refractivity contribution < 1.29 is 39.1 Å². The first kappa shape index (κ1) is 29.6. The van der Waals surface area contributed by atoms with Crippen LogP contribution in [0, 0.1) is 5.82 Å². The molecule has 0 amide bonds. The van der Waals surface area contributed by atoms with Crippen molar-refractivity contribution >= 4 is 31.4 Å². The molecule has 0 saturated carbocycles. The molecule has 1 aromatic heterocycles. The molecule has 1 aliphatic rings. The number of ether oxygens (including phenoxy) is 1. The average molecular weight is 603 g/mol. The van der Waals surface area contributed by atoms with Crippen molar-refractivity contribution in [3.8, 4) is 5.88 Å². The van der Waals surface area contributed by atoms with E-state index in [1.165, 1.54) is 44.4 Å². The van der Waals surface area contributed by atoms with Crippen LogP contribution in [0.25, 0.3) is 0 Å². The Morgan fingerprint density at radius 3 is 2.12 bits per heavy atom. The number of sulfonamides is 2. The number of halogens is 4. The van der Waals surface area contributed by atoms with Gasteiger partial charge in [-0.2, -0.15) is 13.2 Å². The summed E-state index contributed by atoms with van der Waals surface area (Å²) in [5, 5.41) is 0. The first-order chi connectivity index (χ1) is 18.7. The van der Waals surface area contributed by atoms with Gasteiger partial charge in [-0.15, -0.1) is 0 Å². The quantitative estimate of drug-likeness (QED) is 0.382. The van der Waals surface area contributed by atoms with Crippen LogP contribution in [0.2, 0.25) is 0 Å². The van der Waals surface area contributed by atoms with Crippen LogP contribution in [-0.2, 0) is 26.2 Å². The Labute approximate surface area is 229 Å². The van der Waals surface area contributed by atoms with Crippen LogP contribution in [0.3, 0.4) is 0 Å². The van der Waals surface area contributed by atoms with Crippen molar-refractivity contribution in [1.82, 2.24) is 9.29 Å². The Balaban J connectivity index is 1.46. The first-order valence-electron chi connectivity index (χ1n) is 12.0. The molecule has 216 valence electrons. The lowest BCUT2D eigenvalue weighted by molar-refractivity contribution is -0.137. The number of para-hydroxylation sites is 1. The standard InChI is InChI=1S/C25H26F4N4O5S2/c1-32(2)40(36,37)20-9-7-19(8-10-20)39(34,35)31-22-5-3-4-21(26)24(22)33-14-12-18(13-15-33)38-23-11-6-17(16-30-23)25(27,28)29/h3-11,16,18,31H,12-15H2,1-2H3. The highest BCUT2D eigenvalue weighted by molar-refractivity contribution is 7.92. The molecule has 0 spiro atoms. The predicted octanol–water partition coefficient (Wildman–Crippen LogP) is 4.34. The first-order valence-corrected chi connectivity index (χ1v) is 14.9. The van der Waals surface area contributed by atoms with Crippen LogP contribution in [0.1, 0.15) is 18.4 Å². The van der Waals surface area contributed by atoms with Gasteiger partial charge >= 0.3 is 6.18 Å². The van der Waals surface area contributed by atoms with Crippen molar-refractivity contribution in [3.05, 3.63) is 72.2 Å². The van der Waals surface area contributed by atoms with E-state index in [4.69, 9.17) is 4.74 Å². The molecule has 2 heterocycles. The van der Waals surface area contributed by atoms with E-state index < -0.39 is 37.6 Å². The number of nitrogens with one attached hydrogen (secondary N) is 1. The summed E-state index contributed by atoms with van der Waals surface area (Å²) in [5.74, 6) is -0.619. The van der Waals surface area contributed by atoms with Crippen LogP contribution in [0.15, 0.2) is 70.6 Å². The lowest BCUT2D eigenvalue weighted by atomic mass is 10.1. The van der Waals surface area contributed by atoms with E-state index in [2.05, 4.69) is 9.71 Å². The molecule has 9 nitrogen and oxygen atoms in total. The fraction of sp³-hybridized carbons (Fsp3) is 0.320. The molecular weight excluding hydrogens is 576 g/mol. The second-order valence-corrected chi connectivity index (χ2v) is 13.0. The van der Waals surface area contributed by atoms with Gasteiger partial charge in [-0.3, -0.25) is 4.72 Å². The Kier molecular flexibility index (Phi) is 8.28. The maximum atomic E-state index is 15.0. The topological polar surface area (TPSA) is 109 Å². The van der Waals surface area contributed by atoms with E-state index in [1.807, 2.05) is 0 Å². The molecule has 4 rings (SSSR count). The molecular formula is C25H26F4N4O5S2. The van der Waals surface area contributed by atoms with Gasteiger partial charge in [0.25, 0.3) is 10.0 Å². The number of nitrogens with zero attached hydrogens (tertiary/aromatic N) is 3. The maximum absolute atomic E-state index is 15.0. The van der Waals surface area contributed by atoms with Gasteiger partial charge in [-0.05, 0) is 42.5 Å². The van der Waals surface area contributed by atoms with E-state index in [9.17, 15) is 34.4 Å². The Hall–Kier alpha value is -3.43. The molecule has 1 fully saturated rings. The molecule has 40 heavy (non-hydrogen) atoms. The van der Waals surface area contributed by atoms with Gasteiger partial charge in [-0.25, -0.2) is 30.5 Å². The van der Waals surface area contributed by atoms with Crippen LogP contribution in [-0.4, -0.2) is 59.4 Å². The van der Waals surface area contributed by atoms with Crippen LogP contribution in [0.5, 0.6) is 5.88 Å². The summed E-state index contributed by atoms with van der Waals surface area (Å²) in [6.07, 6.45) is -3.44. The van der Waals surface area contributed by atoms with E-state index in [-0.39, 0.29) is 46.2 Å². The zero-order valence-electron chi connectivity index (χ0n) is 21.4. The molecule has 2 aromatic carbocycles.